The van der Waals surface area contributed by atoms with Gasteiger partial charge < -0.3 is 21.3 Å². The van der Waals surface area contributed by atoms with Crippen LogP contribution in [-0.4, -0.2) is 34.8 Å². The Hall–Kier alpha value is -4.12. The van der Waals surface area contributed by atoms with E-state index in [1.165, 1.54) is 26.1 Å². The van der Waals surface area contributed by atoms with Crippen LogP contribution in [-0.2, 0) is 13.0 Å². The molecule has 0 unspecified atom stereocenters. The number of nitrogens with one attached hydrogen (secondary N) is 2. The number of anilines is 2. The largest absolute Gasteiger partial charge is 0.394 e. The van der Waals surface area contributed by atoms with E-state index >= 15 is 0 Å². The average molecular weight is 469 g/mol. The Morgan fingerprint density at radius 1 is 1.38 bits per heavy atom. The number of nitrogens with zero attached hydrogens (tertiary/aromatic N) is 5. The summed E-state index contributed by atoms with van der Waals surface area (Å²) in [5.41, 5.74) is 6.45. The summed E-state index contributed by atoms with van der Waals surface area (Å²) in [6.45, 7) is 4.38. The Balaban J connectivity index is 2.03. The first-order chi connectivity index (χ1) is 16.0. The molecule has 0 amide bonds. The SMILES string of the molecule is CNC(=Cc1c(N[C@H](C)c2cccc(C(F)(F)C#N)c2C)nn(C)c(=O)c1N)N1CC(C#N)C1. The lowest BCUT2D eigenvalue weighted by Crippen LogP contribution is -2.47. The van der Waals surface area contributed by atoms with E-state index in [1.54, 1.807) is 26.1 Å². The van der Waals surface area contributed by atoms with Crippen LogP contribution in [0.4, 0.5) is 20.3 Å². The Bertz CT molecular complexity index is 1270. The average Bonchev–Trinajstić information content (AvgIpc) is 2.78. The molecule has 3 rings (SSSR count). The van der Waals surface area contributed by atoms with E-state index in [1.807, 2.05) is 4.90 Å². The maximum Gasteiger partial charge on any atom is 0.357 e. The fourth-order valence-corrected chi connectivity index (χ4v) is 3.94. The van der Waals surface area contributed by atoms with Crippen LogP contribution in [0.1, 0.15) is 35.2 Å². The highest BCUT2D eigenvalue weighted by Crippen LogP contribution is 2.34. The van der Waals surface area contributed by atoms with Crippen molar-refractivity contribution in [3.8, 4) is 12.1 Å². The third kappa shape index (κ3) is 4.50. The molecule has 1 aliphatic heterocycles. The smallest absolute Gasteiger partial charge is 0.357 e. The first kappa shape index (κ1) is 24.5. The second kappa shape index (κ2) is 9.40. The summed E-state index contributed by atoms with van der Waals surface area (Å²) in [6, 6.07) is 7.13. The number of aryl methyl sites for hydroxylation is 1. The molecule has 1 atom stereocenters. The Morgan fingerprint density at radius 3 is 2.65 bits per heavy atom. The van der Waals surface area contributed by atoms with Gasteiger partial charge >= 0.3 is 5.92 Å². The Morgan fingerprint density at radius 2 is 2.06 bits per heavy atom. The molecule has 1 saturated heterocycles. The third-order valence-corrected chi connectivity index (χ3v) is 5.94. The molecule has 4 N–H and O–H groups in total. The zero-order valence-electron chi connectivity index (χ0n) is 19.4. The lowest BCUT2D eigenvalue weighted by Gasteiger charge is -2.38. The molecular weight excluding hydrogens is 442 g/mol. The van der Waals surface area contributed by atoms with Crippen molar-refractivity contribution in [2.24, 2.45) is 13.0 Å². The highest BCUT2D eigenvalue weighted by Gasteiger charge is 2.34. The summed E-state index contributed by atoms with van der Waals surface area (Å²) in [5, 5.41) is 28.5. The molecule has 1 aromatic carbocycles. The van der Waals surface area contributed by atoms with Gasteiger partial charge in [0.2, 0.25) is 0 Å². The zero-order chi connectivity index (χ0) is 25.2. The molecule has 9 nitrogen and oxygen atoms in total. The van der Waals surface area contributed by atoms with Crippen LogP contribution in [0.25, 0.3) is 6.08 Å². The number of nitriles is 2. The molecule has 1 fully saturated rings. The third-order valence-electron chi connectivity index (χ3n) is 5.94. The van der Waals surface area contributed by atoms with Gasteiger partial charge in [-0.15, -0.1) is 0 Å². The number of nitrogen functional groups attached to an aromatic ring is 1. The molecule has 34 heavy (non-hydrogen) atoms. The molecule has 1 aliphatic rings. The van der Waals surface area contributed by atoms with E-state index in [-0.39, 0.29) is 28.6 Å². The minimum atomic E-state index is -3.62. The Labute approximate surface area is 196 Å². The molecule has 0 spiro atoms. The number of halogens is 2. The van der Waals surface area contributed by atoms with E-state index in [0.717, 1.165) is 10.8 Å². The zero-order valence-corrected chi connectivity index (χ0v) is 19.4. The van der Waals surface area contributed by atoms with E-state index < -0.39 is 17.5 Å². The predicted molar refractivity (Wildman–Crippen MR) is 124 cm³/mol. The second-order valence-electron chi connectivity index (χ2n) is 8.19. The van der Waals surface area contributed by atoms with Crippen LogP contribution in [0, 0.1) is 35.5 Å². The predicted octanol–water partition coefficient (Wildman–Crippen LogP) is 2.43. The fourth-order valence-electron chi connectivity index (χ4n) is 3.94. The standard InChI is InChI=1S/C23H26F2N8O/c1-13-16(6-5-7-18(13)23(24,25)12-27)14(2)30-21-17(20(28)22(34)32(4)31-21)8-19(29-3)33-10-15(9-26)11-33/h5-8,14-15,29H,10-11,28H2,1-4H3,(H,30,31)/t14-/m1/s1. The van der Waals surface area contributed by atoms with Crippen LogP contribution in [0.15, 0.2) is 28.8 Å². The van der Waals surface area contributed by atoms with Crippen molar-refractivity contribution in [2.45, 2.75) is 25.8 Å². The topological polar surface area (TPSA) is 136 Å². The van der Waals surface area contributed by atoms with Gasteiger partial charge in [-0.25, -0.2) is 4.68 Å². The van der Waals surface area contributed by atoms with Crippen LogP contribution in [0.3, 0.4) is 0 Å². The van der Waals surface area contributed by atoms with Gasteiger partial charge in [-0.1, -0.05) is 18.2 Å². The summed E-state index contributed by atoms with van der Waals surface area (Å²) in [4.78, 5) is 14.4. The van der Waals surface area contributed by atoms with E-state index in [2.05, 4.69) is 21.8 Å². The lowest BCUT2D eigenvalue weighted by molar-refractivity contribution is 0.0605. The van der Waals surface area contributed by atoms with E-state index in [0.29, 0.717) is 30.0 Å². The van der Waals surface area contributed by atoms with Crippen LogP contribution in [0.2, 0.25) is 0 Å². The summed E-state index contributed by atoms with van der Waals surface area (Å²) in [6.07, 6.45) is 1.68. The number of hydrogen-bond donors (Lipinski definition) is 3. The van der Waals surface area contributed by atoms with Gasteiger partial charge in [0.15, 0.2) is 5.82 Å². The van der Waals surface area contributed by atoms with Crippen molar-refractivity contribution in [3.05, 3.63) is 56.6 Å². The molecule has 2 heterocycles. The summed E-state index contributed by atoms with van der Waals surface area (Å²) >= 11 is 0. The highest BCUT2D eigenvalue weighted by molar-refractivity contribution is 5.74. The summed E-state index contributed by atoms with van der Waals surface area (Å²) in [7, 11) is 3.18. The van der Waals surface area contributed by atoms with Gasteiger partial charge in [-0.05, 0) is 31.1 Å². The number of likely N-dealkylation sites (tertiary alicyclic amines) is 1. The number of hydrogen-bond acceptors (Lipinski definition) is 8. The Kier molecular flexibility index (Phi) is 6.78. The maximum atomic E-state index is 14.1. The fraction of sp³-hybridized carbons (Fsp3) is 0.391. The van der Waals surface area contributed by atoms with Crippen LogP contribution in [0.5, 0.6) is 0 Å². The number of alkyl halides is 2. The van der Waals surface area contributed by atoms with Crippen molar-refractivity contribution < 1.29 is 8.78 Å². The van der Waals surface area contributed by atoms with Crippen molar-refractivity contribution in [2.75, 3.05) is 31.2 Å². The molecule has 0 saturated carbocycles. The minimum absolute atomic E-state index is 0.0289. The first-order valence-corrected chi connectivity index (χ1v) is 10.6. The molecular formula is C23H26F2N8O. The quantitative estimate of drug-likeness (QED) is 0.564. The highest BCUT2D eigenvalue weighted by atomic mass is 19.3. The second-order valence-corrected chi connectivity index (χ2v) is 8.19. The number of nitrogens with two attached hydrogens (primary N) is 1. The molecule has 178 valence electrons. The molecule has 2 aromatic rings. The van der Waals surface area contributed by atoms with Crippen molar-refractivity contribution >= 4 is 17.6 Å². The number of benzene rings is 1. The van der Waals surface area contributed by atoms with Gasteiger partial charge in [0.05, 0.1) is 23.6 Å². The molecule has 0 radical (unpaired) electrons. The number of aromatic nitrogens is 2. The monoisotopic (exact) mass is 468 g/mol. The molecule has 11 heteroatoms. The first-order valence-electron chi connectivity index (χ1n) is 10.6. The van der Waals surface area contributed by atoms with Gasteiger partial charge in [0.25, 0.3) is 5.56 Å². The van der Waals surface area contributed by atoms with Gasteiger partial charge in [-0.2, -0.15) is 24.4 Å². The van der Waals surface area contributed by atoms with Gasteiger partial charge in [-0.3, -0.25) is 4.79 Å². The summed E-state index contributed by atoms with van der Waals surface area (Å²) in [5.74, 6) is -2.74. The normalized spacial score (nSPS) is 15.2. The maximum absolute atomic E-state index is 14.1. The number of rotatable bonds is 7. The molecule has 1 aromatic heterocycles. The van der Waals surface area contributed by atoms with Gasteiger partial charge in [0, 0.05) is 32.7 Å². The van der Waals surface area contributed by atoms with Crippen LogP contribution >= 0.6 is 0 Å². The van der Waals surface area contributed by atoms with Crippen molar-refractivity contribution in [1.29, 1.82) is 10.5 Å². The summed E-state index contributed by atoms with van der Waals surface area (Å²) < 4.78 is 29.3. The molecule has 0 bridgehead atoms. The molecule has 0 aliphatic carbocycles. The van der Waals surface area contributed by atoms with E-state index in [4.69, 9.17) is 16.3 Å². The van der Waals surface area contributed by atoms with Crippen LogP contribution < -0.4 is 21.9 Å². The van der Waals surface area contributed by atoms with Crippen molar-refractivity contribution in [1.82, 2.24) is 20.0 Å². The van der Waals surface area contributed by atoms with E-state index in [9.17, 15) is 13.6 Å². The van der Waals surface area contributed by atoms with Gasteiger partial charge in [0.1, 0.15) is 17.6 Å². The lowest BCUT2D eigenvalue weighted by atomic mass is 9.94. The van der Waals surface area contributed by atoms with Crippen molar-refractivity contribution in [3.63, 3.8) is 0 Å². The minimum Gasteiger partial charge on any atom is -0.394 e.